The SMILES string of the molecule is CN1CCC(NC(=O)C2CCCN2C(=O)c2ccc3ccccc3c2O)CC1. The van der Waals surface area contributed by atoms with Crippen LogP contribution in [0.2, 0.25) is 0 Å². The van der Waals surface area contributed by atoms with E-state index < -0.39 is 6.04 Å². The molecular formula is C22H27N3O3. The van der Waals surface area contributed by atoms with Crippen LogP contribution >= 0.6 is 0 Å². The number of piperidine rings is 1. The number of hydrogen-bond acceptors (Lipinski definition) is 4. The zero-order chi connectivity index (χ0) is 19.7. The van der Waals surface area contributed by atoms with Gasteiger partial charge in [-0.1, -0.05) is 30.3 Å². The first-order chi connectivity index (χ1) is 13.5. The number of aromatic hydroxyl groups is 1. The van der Waals surface area contributed by atoms with Crippen molar-refractivity contribution >= 4 is 22.6 Å². The average Bonchev–Trinajstić information content (AvgIpc) is 3.20. The number of amides is 2. The summed E-state index contributed by atoms with van der Waals surface area (Å²) in [5.74, 6) is -0.352. The van der Waals surface area contributed by atoms with Crippen LogP contribution in [0.25, 0.3) is 10.8 Å². The fourth-order valence-electron chi connectivity index (χ4n) is 4.32. The summed E-state index contributed by atoms with van der Waals surface area (Å²) in [5.41, 5.74) is 0.262. The van der Waals surface area contributed by atoms with Crippen LogP contribution in [0.1, 0.15) is 36.0 Å². The van der Waals surface area contributed by atoms with Gasteiger partial charge in [-0.05, 0) is 57.3 Å². The third-order valence-electron chi connectivity index (χ3n) is 6.01. The Hall–Kier alpha value is -2.60. The Labute approximate surface area is 165 Å². The maximum absolute atomic E-state index is 13.1. The predicted octanol–water partition coefficient (Wildman–Crippen LogP) is 2.36. The van der Waals surface area contributed by atoms with Gasteiger partial charge < -0.3 is 20.2 Å². The van der Waals surface area contributed by atoms with E-state index in [1.807, 2.05) is 24.3 Å². The molecule has 148 valence electrons. The maximum Gasteiger partial charge on any atom is 0.258 e. The molecule has 0 spiro atoms. The van der Waals surface area contributed by atoms with Crippen molar-refractivity contribution in [3.63, 3.8) is 0 Å². The van der Waals surface area contributed by atoms with Crippen LogP contribution in [0.3, 0.4) is 0 Å². The van der Waals surface area contributed by atoms with Crippen molar-refractivity contribution in [1.82, 2.24) is 15.1 Å². The Balaban J connectivity index is 1.51. The highest BCUT2D eigenvalue weighted by Crippen LogP contribution is 2.31. The highest BCUT2D eigenvalue weighted by atomic mass is 16.3. The van der Waals surface area contributed by atoms with Crippen LogP contribution in [0.5, 0.6) is 5.75 Å². The summed E-state index contributed by atoms with van der Waals surface area (Å²) in [5, 5.41) is 15.3. The monoisotopic (exact) mass is 381 g/mol. The van der Waals surface area contributed by atoms with E-state index in [1.165, 1.54) is 0 Å². The number of hydrogen-bond donors (Lipinski definition) is 2. The lowest BCUT2D eigenvalue weighted by Gasteiger charge is -2.31. The van der Waals surface area contributed by atoms with Gasteiger partial charge >= 0.3 is 0 Å². The summed E-state index contributed by atoms with van der Waals surface area (Å²) >= 11 is 0. The molecule has 1 atom stereocenters. The topological polar surface area (TPSA) is 72.9 Å². The summed E-state index contributed by atoms with van der Waals surface area (Å²) in [6.07, 6.45) is 3.34. The largest absolute Gasteiger partial charge is 0.506 e. The molecule has 0 bridgehead atoms. The van der Waals surface area contributed by atoms with Gasteiger partial charge in [-0.25, -0.2) is 0 Å². The number of carbonyl (C=O) groups excluding carboxylic acids is 2. The zero-order valence-electron chi connectivity index (χ0n) is 16.2. The van der Waals surface area contributed by atoms with E-state index in [1.54, 1.807) is 17.0 Å². The molecule has 0 aromatic heterocycles. The van der Waals surface area contributed by atoms with Gasteiger partial charge in [0.2, 0.25) is 5.91 Å². The number of benzene rings is 2. The molecule has 6 heteroatoms. The van der Waals surface area contributed by atoms with Crippen molar-refractivity contribution in [3.05, 3.63) is 42.0 Å². The molecule has 2 heterocycles. The van der Waals surface area contributed by atoms with E-state index >= 15 is 0 Å². The number of rotatable bonds is 3. The van der Waals surface area contributed by atoms with Crippen LogP contribution in [0.15, 0.2) is 36.4 Å². The fraction of sp³-hybridized carbons (Fsp3) is 0.455. The van der Waals surface area contributed by atoms with Crippen molar-refractivity contribution in [1.29, 1.82) is 0 Å². The Bertz CT molecular complexity index is 890. The van der Waals surface area contributed by atoms with E-state index in [4.69, 9.17) is 0 Å². The van der Waals surface area contributed by atoms with Crippen molar-refractivity contribution in [2.45, 2.75) is 37.8 Å². The van der Waals surface area contributed by atoms with E-state index in [0.717, 1.165) is 37.7 Å². The Kier molecular flexibility index (Phi) is 5.22. The number of phenols is 1. The molecule has 0 saturated carbocycles. The second-order valence-electron chi connectivity index (χ2n) is 7.93. The first kappa shape index (κ1) is 18.7. The van der Waals surface area contributed by atoms with Gasteiger partial charge in [0.05, 0.1) is 5.56 Å². The number of nitrogens with one attached hydrogen (secondary N) is 1. The lowest BCUT2D eigenvalue weighted by molar-refractivity contribution is -0.125. The molecule has 4 rings (SSSR count). The molecule has 2 fully saturated rings. The summed E-state index contributed by atoms with van der Waals surface area (Å²) < 4.78 is 0. The molecule has 2 aromatic carbocycles. The maximum atomic E-state index is 13.1. The van der Waals surface area contributed by atoms with Crippen LogP contribution in [-0.4, -0.2) is 65.5 Å². The molecule has 0 radical (unpaired) electrons. The van der Waals surface area contributed by atoms with Crippen LogP contribution < -0.4 is 5.32 Å². The molecule has 0 aliphatic carbocycles. The summed E-state index contributed by atoms with van der Waals surface area (Å²) in [6.45, 7) is 2.49. The second kappa shape index (κ2) is 7.80. The van der Waals surface area contributed by atoms with Gasteiger partial charge in [0, 0.05) is 18.0 Å². The van der Waals surface area contributed by atoms with Crippen molar-refractivity contribution in [2.24, 2.45) is 0 Å². The van der Waals surface area contributed by atoms with Gasteiger partial charge in [-0.15, -0.1) is 0 Å². The summed E-state index contributed by atoms with van der Waals surface area (Å²) in [4.78, 5) is 29.9. The number of carbonyl (C=O) groups is 2. The Morgan fingerprint density at radius 3 is 2.57 bits per heavy atom. The quantitative estimate of drug-likeness (QED) is 0.856. The average molecular weight is 381 g/mol. The normalized spacial score (nSPS) is 21.2. The molecule has 2 amide bonds. The first-order valence-corrected chi connectivity index (χ1v) is 10.0. The highest BCUT2D eigenvalue weighted by molar-refractivity contribution is 6.05. The van der Waals surface area contributed by atoms with Crippen LogP contribution in [-0.2, 0) is 4.79 Å². The standard InChI is InChI=1S/C22H27N3O3/c1-24-13-10-16(11-14-24)23-21(27)19-7-4-12-25(19)22(28)18-9-8-15-5-2-3-6-17(15)20(18)26/h2-3,5-6,8-9,16,19,26H,4,7,10-14H2,1H3,(H,23,27). The predicted molar refractivity (Wildman–Crippen MR) is 108 cm³/mol. The van der Waals surface area contributed by atoms with Gasteiger partial charge in [0.25, 0.3) is 5.91 Å². The highest BCUT2D eigenvalue weighted by Gasteiger charge is 2.36. The minimum absolute atomic E-state index is 0.00974. The molecule has 2 saturated heterocycles. The van der Waals surface area contributed by atoms with Crippen LogP contribution in [0, 0.1) is 0 Å². The number of likely N-dealkylation sites (tertiary alicyclic amines) is 2. The van der Waals surface area contributed by atoms with E-state index in [9.17, 15) is 14.7 Å². The molecule has 1 unspecified atom stereocenters. The second-order valence-corrected chi connectivity index (χ2v) is 7.93. The lowest BCUT2D eigenvalue weighted by Crippen LogP contribution is -2.51. The molecule has 2 N–H and O–H groups in total. The molecular weight excluding hydrogens is 354 g/mol. The zero-order valence-corrected chi connectivity index (χ0v) is 16.2. The molecule has 28 heavy (non-hydrogen) atoms. The van der Waals surface area contributed by atoms with Crippen molar-refractivity contribution in [2.75, 3.05) is 26.7 Å². The molecule has 2 aromatic rings. The third-order valence-corrected chi connectivity index (χ3v) is 6.01. The number of phenolic OH excluding ortho intramolecular Hbond substituents is 1. The Morgan fingerprint density at radius 2 is 1.79 bits per heavy atom. The molecule has 6 nitrogen and oxygen atoms in total. The smallest absolute Gasteiger partial charge is 0.258 e. The number of fused-ring (bicyclic) bond motifs is 1. The van der Waals surface area contributed by atoms with E-state index in [2.05, 4.69) is 17.3 Å². The van der Waals surface area contributed by atoms with Gasteiger partial charge in [0.1, 0.15) is 11.8 Å². The minimum atomic E-state index is -0.460. The Morgan fingerprint density at radius 1 is 1.04 bits per heavy atom. The summed E-state index contributed by atoms with van der Waals surface area (Å²) in [7, 11) is 2.09. The number of nitrogens with zero attached hydrogens (tertiary/aromatic N) is 2. The van der Waals surface area contributed by atoms with E-state index in [0.29, 0.717) is 18.4 Å². The first-order valence-electron chi connectivity index (χ1n) is 10.0. The van der Waals surface area contributed by atoms with Gasteiger partial charge in [-0.2, -0.15) is 0 Å². The lowest BCUT2D eigenvalue weighted by atomic mass is 10.0. The molecule has 2 aliphatic heterocycles. The molecule has 2 aliphatic rings. The van der Waals surface area contributed by atoms with Gasteiger partial charge in [-0.3, -0.25) is 9.59 Å². The van der Waals surface area contributed by atoms with Crippen molar-refractivity contribution in [3.8, 4) is 5.75 Å². The third kappa shape index (κ3) is 3.56. The van der Waals surface area contributed by atoms with Gasteiger partial charge in [0.15, 0.2) is 0 Å². The fourth-order valence-corrected chi connectivity index (χ4v) is 4.32. The van der Waals surface area contributed by atoms with E-state index in [-0.39, 0.29) is 29.2 Å². The summed E-state index contributed by atoms with van der Waals surface area (Å²) in [6, 6.07) is 10.6. The minimum Gasteiger partial charge on any atom is -0.506 e. The van der Waals surface area contributed by atoms with Crippen molar-refractivity contribution < 1.29 is 14.7 Å². The van der Waals surface area contributed by atoms with Crippen LogP contribution in [0.4, 0.5) is 0 Å².